The molecule has 0 saturated heterocycles. The lowest BCUT2D eigenvalue weighted by molar-refractivity contribution is 0.306. The van der Waals surface area contributed by atoms with E-state index in [-0.39, 0.29) is 6.04 Å². The van der Waals surface area contributed by atoms with E-state index in [2.05, 4.69) is 24.1 Å². The molecule has 1 aromatic carbocycles. The summed E-state index contributed by atoms with van der Waals surface area (Å²) in [6.45, 7) is 5.60. The number of hydrogen-bond acceptors (Lipinski definition) is 3. The summed E-state index contributed by atoms with van der Waals surface area (Å²) in [5.74, 6) is 0.697. The van der Waals surface area contributed by atoms with Crippen LogP contribution in [0.5, 0.6) is 5.75 Å². The number of ether oxygens (including phenoxy) is 1. The number of benzene rings is 1. The molecule has 0 bridgehead atoms. The number of nitrogens with zero attached hydrogens (tertiary/aromatic N) is 1. The van der Waals surface area contributed by atoms with Crippen LogP contribution in [0.1, 0.15) is 31.0 Å². The first kappa shape index (κ1) is 14.8. The molecule has 1 heterocycles. The number of hydrogen-bond donors (Lipinski definition) is 1. The van der Waals surface area contributed by atoms with Crippen molar-refractivity contribution in [2.75, 3.05) is 6.54 Å². The van der Waals surface area contributed by atoms with Gasteiger partial charge in [-0.05, 0) is 37.2 Å². The Balaban J connectivity index is 2.02. The minimum atomic E-state index is 0.282. The van der Waals surface area contributed by atoms with Crippen molar-refractivity contribution in [2.24, 2.45) is 0 Å². The molecule has 1 atom stereocenters. The Morgan fingerprint density at radius 3 is 2.85 bits per heavy atom. The van der Waals surface area contributed by atoms with Crippen molar-refractivity contribution in [2.45, 2.75) is 26.5 Å². The fourth-order valence-corrected chi connectivity index (χ4v) is 2.22. The van der Waals surface area contributed by atoms with Crippen LogP contribution in [0.2, 0.25) is 5.02 Å². The van der Waals surface area contributed by atoms with Crippen LogP contribution in [0, 0.1) is 0 Å². The average molecular weight is 291 g/mol. The van der Waals surface area contributed by atoms with E-state index in [4.69, 9.17) is 16.3 Å². The van der Waals surface area contributed by atoms with Crippen molar-refractivity contribution in [1.82, 2.24) is 10.3 Å². The fourth-order valence-electron chi connectivity index (χ4n) is 1.97. The quantitative estimate of drug-likeness (QED) is 0.873. The van der Waals surface area contributed by atoms with Crippen molar-refractivity contribution in [3.63, 3.8) is 0 Å². The lowest BCUT2D eigenvalue weighted by Gasteiger charge is -2.15. The van der Waals surface area contributed by atoms with E-state index in [9.17, 15) is 0 Å². The molecule has 106 valence electrons. The molecule has 0 fully saturated rings. The molecule has 0 spiro atoms. The third kappa shape index (κ3) is 3.95. The number of pyridine rings is 1. The Labute approximate surface area is 124 Å². The third-order valence-corrected chi connectivity index (χ3v) is 3.38. The Hall–Kier alpha value is -1.58. The van der Waals surface area contributed by atoms with Crippen molar-refractivity contribution >= 4 is 11.6 Å². The highest BCUT2D eigenvalue weighted by Crippen LogP contribution is 2.28. The van der Waals surface area contributed by atoms with Gasteiger partial charge in [-0.1, -0.05) is 30.7 Å². The van der Waals surface area contributed by atoms with Crippen LogP contribution in [0.3, 0.4) is 0 Å². The number of aromatic nitrogens is 1. The molecule has 2 aromatic rings. The van der Waals surface area contributed by atoms with E-state index >= 15 is 0 Å². The summed E-state index contributed by atoms with van der Waals surface area (Å²) in [6, 6.07) is 10.1. The predicted molar refractivity (Wildman–Crippen MR) is 82.1 cm³/mol. The smallest absolute Gasteiger partial charge is 0.138 e. The highest BCUT2D eigenvalue weighted by molar-refractivity contribution is 6.32. The molecule has 1 N–H and O–H groups in total. The second-order valence-electron chi connectivity index (χ2n) is 4.62. The lowest BCUT2D eigenvalue weighted by atomic mass is 10.1. The van der Waals surface area contributed by atoms with Gasteiger partial charge >= 0.3 is 0 Å². The van der Waals surface area contributed by atoms with Gasteiger partial charge in [-0.15, -0.1) is 0 Å². The van der Waals surface area contributed by atoms with Gasteiger partial charge in [0.05, 0.1) is 5.02 Å². The zero-order valence-electron chi connectivity index (χ0n) is 11.8. The molecule has 0 radical (unpaired) electrons. The maximum atomic E-state index is 6.27. The Morgan fingerprint density at radius 2 is 2.20 bits per heavy atom. The van der Waals surface area contributed by atoms with Gasteiger partial charge in [-0.3, -0.25) is 4.98 Å². The highest BCUT2D eigenvalue weighted by atomic mass is 35.5. The maximum absolute atomic E-state index is 6.27. The molecule has 0 aliphatic heterocycles. The van der Waals surface area contributed by atoms with Crippen molar-refractivity contribution < 1.29 is 4.74 Å². The van der Waals surface area contributed by atoms with Gasteiger partial charge in [0.1, 0.15) is 12.4 Å². The minimum Gasteiger partial charge on any atom is -0.487 e. The molecule has 4 heteroatoms. The fraction of sp³-hybridized carbons (Fsp3) is 0.312. The second kappa shape index (κ2) is 7.27. The zero-order valence-corrected chi connectivity index (χ0v) is 12.5. The molecular weight excluding hydrogens is 272 g/mol. The summed E-state index contributed by atoms with van der Waals surface area (Å²) in [6.07, 6.45) is 3.53. The Bertz CT molecular complexity index is 545. The summed E-state index contributed by atoms with van der Waals surface area (Å²) in [5, 5.41) is 3.99. The Kier molecular flexibility index (Phi) is 5.39. The summed E-state index contributed by atoms with van der Waals surface area (Å²) in [5.41, 5.74) is 2.18. The molecule has 3 nitrogen and oxygen atoms in total. The first-order valence-corrected chi connectivity index (χ1v) is 7.13. The van der Waals surface area contributed by atoms with Crippen molar-refractivity contribution in [3.05, 3.63) is 58.9 Å². The van der Waals surface area contributed by atoms with Gasteiger partial charge in [0.2, 0.25) is 0 Å². The van der Waals surface area contributed by atoms with Gasteiger partial charge in [-0.2, -0.15) is 0 Å². The second-order valence-corrected chi connectivity index (χ2v) is 5.03. The van der Waals surface area contributed by atoms with E-state index in [0.717, 1.165) is 17.7 Å². The zero-order chi connectivity index (χ0) is 14.4. The number of rotatable bonds is 6. The molecule has 2 rings (SSSR count). The average Bonchev–Trinajstić information content (AvgIpc) is 2.47. The molecule has 1 aromatic heterocycles. The van der Waals surface area contributed by atoms with Crippen LogP contribution < -0.4 is 10.1 Å². The van der Waals surface area contributed by atoms with Crippen molar-refractivity contribution in [3.8, 4) is 5.75 Å². The lowest BCUT2D eigenvalue weighted by Crippen LogP contribution is -2.17. The predicted octanol–water partition coefficient (Wildman–Crippen LogP) is 3.98. The summed E-state index contributed by atoms with van der Waals surface area (Å²) in [4.78, 5) is 4.06. The van der Waals surface area contributed by atoms with E-state index < -0.39 is 0 Å². The van der Waals surface area contributed by atoms with E-state index in [1.807, 2.05) is 30.3 Å². The summed E-state index contributed by atoms with van der Waals surface area (Å²) in [7, 11) is 0. The number of halogens is 1. The van der Waals surface area contributed by atoms with Gasteiger partial charge in [0, 0.05) is 24.0 Å². The minimum absolute atomic E-state index is 0.282. The maximum Gasteiger partial charge on any atom is 0.138 e. The van der Waals surface area contributed by atoms with Gasteiger partial charge in [0.25, 0.3) is 0 Å². The molecular formula is C16H19ClN2O. The van der Waals surface area contributed by atoms with E-state index in [1.54, 1.807) is 12.4 Å². The largest absolute Gasteiger partial charge is 0.487 e. The molecule has 0 amide bonds. The van der Waals surface area contributed by atoms with Gasteiger partial charge in [0.15, 0.2) is 0 Å². The Morgan fingerprint density at radius 1 is 1.35 bits per heavy atom. The number of nitrogens with one attached hydrogen (secondary N) is 1. The normalized spacial score (nSPS) is 12.2. The van der Waals surface area contributed by atoms with Crippen LogP contribution in [0.25, 0.3) is 0 Å². The first-order valence-electron chi connectivity index (χ1n) is 6.75. The molecule has 0 aliphatic rings. The summed E-state index contributed by atoms with van der Waals surface area (Å²) < 4.78 is 5.73. The third-order valence-electron chi connectivity index (χ3n) is 3.08. The monoisotopic (exact) mass is 290 g/mol. The van der Waals surface area contributed by atoms with Crippen molar-refractivity contribution in [1.29, 1.82) is 0 Å². The van der Waals surface area contributed by atoms with Crippen LogP contribution in [0.15, 0.2) is 42.7 Å². The molecule has 0 saturated carbocycles. The van der Waals surface area contributed by atoms with E-state index in [1.165, 1.54) is 0 Å². The van der Waals surface area contributed by atoms with Crippen LogP contribution in [-0.2, 0) is 6.61 Å². The van der Waals surface area contributed by atoms with Crippen LogP contribution in [-0.4, -0.2) is 11.5 Å². The van der Waals surface area contributed by atoms with E-state index in [0.29, 0.717) is 17.4 Å². The molecule has 0 aliphatic carbocycles. The van der Waals surface area contributed by atoms with Crippen LogP contribution in [0.4, 0.5) is 0 Å². The molecule has 1 unspecified atom stereocenters. The van der Waals surface area contributed by atoms with Gasteiger partial charge < -0.3 is 10.1 Å². The highest BCUT2D eigenvalue weighted by Gasteiger charge is 2.08. The summed E-state index contributed by atoms with van der Waals surface area (Å²) >= 11 is 6.27. The standard InChI is InChI=1S/C16H19ClN2O/c1-3-19-12(2)14-6-7-16(15(17)9-14)20-11-13-5-4-8-18-10-13/h4-10,12,19H,3,11H2,1-2H3. The topological polar surface area (TPSA) is 34.1 Å². The molecule has 20 heavy (non-hydrogen) atoms. The SMILES string of the molecule is CCNC(C)c1ccc(OCc2cccnc2)c(Cl)c1. The van der Waals surface area contributed by atoms with Gasteiger partial charge in [-0.25, -0.2) is 0 Å². The first-order chi connectivity index (χ1) is 9.70. The van der Waals surface area contributed by atoms with Crippen LogP contribution >= 0.6 is 11.6 Å².